The van der Waals surface area contributed by atoms with Gasteiger partial charge in [-0.05, 0) is 42.3 Å². The molecule has 0 atom stereocenters. The normalized spacial score (nSPS) is 10.5. The summed E-state index contributed by atoms with van der Waals surface area (Å²) in [5.74, 6) is 2.92. The first-order valence-corrected chi connectivity index (χ1v) is 7.03. The van der Waals surface area contributed by atoms with E-state index in [2.05, 4.69) is 18.8 Å². The van der Waals surface area contributed by atoms with Gasteiger partial charge in [0.2, 0.25) is 0 Å². The third-order valence-corrected chi connectivity index (χ3v) is 3.02. The van der Waals surface area contributed by atoms with Crippen molar-refractivity contribution in [2.45, 2.75) is 19.8 Å². The van der Waals surface area contributed by atoms with Crippen molar-refractivity contribution in [3.8, 4) is 11.8 Å². The molecule has 0 nitrogen and oxygen atoms in total. The van der Waals surface area contributed by atoms with Gasteiger partial charge >= 0.3 is 0 Å². The molecule has 0 bridgehead atoms. The molecular formula is C19H15F3. The fraction of sp³-hybridized carbons (Fsp3) is 0.158. The second-order valence-electron chi connectivity index (χ2n) is 4.81. The molecule has 0 amide bonds. The van der Waals surface area contributed by atoms with E-state index in [1.54, 1.807) is 12.1 Å². The van der Waals surface area contributed by atoms with Crippen LogP contribution in [0.4, 0.5) is 13.2 Å². The van der Waals surface area contributed by atoms with Crippen LogP contribution in [0.5, 0.6) is 0 Å². The molecule has 0 fully saturated rings. The van der Waals surface area contributed by atoms with Gasteiger partial charge in [0.25, 0.3) is 0 Å². The van der Waals surface area contributed by atoms with Gasteiger partial charge in [-0.2, -0.15) is 0 Å². The minimum absolute atomic E-state index is 0.220. The van der Waals surface area contributed by atoms with E-state index in [4.69, 9.17) is 0 Å². The second kappa shape index (κ2) is 7.51. The topological polar surface area (TPSA) is 0 Å². The van der Waals surface area contributed by atoms with Crippen molar-refractivity contribution in [2.24, 2.45) is 0 Å². The van der Waals surface area contributed by atoms with Crippen LogP contribution in [0.25, 0.3) is 6.08 Å². The van der Waals surface area contributed by atoms with Crippen LogP contribution in [0.2, 0.25) is 0 Å². The molecule has 0 aliphatic carbocycles. The number of allylic oxidation sites excluding steroid dienone is 1. The van der Waals surface area contributed by atoms with Gasteiger partial charge in [0.05, 0.1) is 5.56 Å². The van der Waals surface area contributed by atoms with Crippen LogP contribution in [-0.2, 0) is 0 Å². The number of hydrogen-bond donors (Lipinski definition) is 0. The molecule has 2 aromatic rings. The third-order valence-electron chi connectivity index (χ3n) is 3.02. The zero-order valence-electron chi connectivity index (χ0n) is 12.2. The fourth-order valence-corrected chi connectivity index (χ4v) is 1.84. The summed E-state index contributed by atoms with van der Waals surface area (Å²) < 4.78 is 39.8. The van der Waals surface area contributed by atoms with Crippen LogP contribution in [0.1, 0.15) is 36.5 Å². The van der Waals surface area contributed by atoms with Crippen molar-refractivity contribution in [2.75, 3.05) is 0 Å². The Balaban J connectivity index is 2.20. The van der Waals surface area contributed by atoms with Gasteiger partial charge in [-0.1, -0.05) is 43.4 Å². The molecule has 0 aliphatic heterocycles. The maximum Gasteiger partial charge on any atom is 0.160 e. The lowest BCUT2D eigenvalue weighted by atomic mass is 10.1. The zero-order chi connectivity index (χ0) is 15.9. The first-order valence-electron chi connectivity index (χ1n) is 7.03. The standard InChI is InChI=1S/C19H15F3/c1-2-3-4-5-14-6-9-16(18(21)12-14)10-7-15-8-11-17(20)19(22)13-15/h4-6,8-9,11-13H,2-3H2,1H3/b5-4+. The molecule has 0 heterocycles. The largest absolute Gasteiger partial charge is 0.206 e. The van der Waals surface area contributed by atoms with Crippen LogP contribution in [0.15, 0.2) is 42.5 Å². The van der Waals surface area contributed by atoms with Gasteiger partial charge in [0.1, 0.15) is 5.82 Å². The van der Waals surface area contributed by atoms with Crippen LogP contribution < -0.4 is 0 Å². The summed E-state index contributed by atoms with van der Waals surface area (Å²) in [5, 5.41) is 0. The average molecular weight is 300 g/mol. The number of unbranched alkanes of at least 4 members (excludes halogenated alkanes) is 1. The third kappa shape index (κ3) is 4.26. The number of halogens is 3. The highest BCUT2D eigenvalue weighted by Gasteiger charge is 2.02. The van der Waals surface area contributed by atoms with E-state index >= 15 is 0 Å². The summed E-state index contributed by atoms with van der Waals surface area (Å²) >= 11 is 0. The number of benzene rings is 2. The molecule has 0 aliphatic rings. The highest BCUT2D eigenvalue weighted by molar-refractivity contribution is 5.53. The predicted molar refractivity (Wildman–Crippen MR) is 82.7 cm³/mol. The molecular weight excluding hydrogens is 285 g/mol. The lowest BCUT2D eigenvalue weighted by Crippen LogP contribution is -1.87. The van der Waals surface area contributed by atoms with Crippen molar-refractivity contribution in [1.82, 2.24) is 0 Å². The molecule has 2 aromatic carbocycles. The number of rotatable bonds is 3. The minimum atomic E-state index is -0.969. The summed E-state index contributed by atoms with van der Waals surface area (Å²) in [6.07, 6.45) is 5.83. The monoisotopic (exact) mass is 300 g/mol. The van der Waals surface area contributed by atoms with Gasteiger partial charge in [-0.3, -0.25) is 0 Å². The van der Waals surface area contributed by atoms with E-state index in [0.29, 0.717) is 5.56 Å². The van der Waals surface area contributed by atoms with E-state index in [1.165, 1.54) is 12.1 Å². The Morgan fingerprint density at radius 1 is 0.909 bits per heavy atom. The van der Waals surface area contributed by atoms with E-state index in [-0.39, 0.29) is 5.56 Å². The molecule has 3 heteroatoms. The van der Waals surface area contributed by atoms with Crippen molar-refractivity contribution in [3.05, 3.63) is 76.6 Å². The Hall–Kier alpha value is -2.47. The average Bonchev–Trinajstić information content (AvgIpc) is 2.50. The van der Waals surface area contributed by atoms with Gasteiger partial charge in [-0.15, -0.1) is 0 Å². The summed E-state index contributed by atoms with van der Waals surface area (Å²) in [5.41, 5.74) is 1.28. The molecule has 0 unspecified atom stereocenters. The zero-order valence-corrected chi connectivity index (χ0v) is 12.2. The molecule has 2 rings (SSSR count). The first-order chi connectivity index (χ1) is 10.6. The maximum atomic E-state index is 13.9. The SMILES string of the molecule is CCC/C=C/c1ccc(C#Cc2ccc(F)c(F)c2)c(F)c1. The maximum absolute atomic E-state index is 13.9. The number of hydrogen-bond acceptors (Lipinski definition) is 0. The van der Waals surface area contributed by atoms with Crippen LogP contribution in [0, 0.1) is 29.3 Å². The molecule has 22 heavy (non-hydrogen) atoms. The molecule has 0 saturated heterocycles. The van der Waals surface area contributed by atoms with Crippen molar-refractivity contribution < 1.29 is 13.2 Å². The second-order valence-corrected chi connectivity index (χ2v) is 4.81. The van der Waals surface area contributed by atoms with Crippen molar-refractivity contribution in [3.63, 3.8) is 0 Å². The minimum Gasteiger partial charge on any atom is -0.206 e. The molecule has 0 spiro atoms. The Kier molecular flexibility index (Phi) is 5.43. The molecule has 0 radical (unpaired) electrons. The summed E-state index contributed by atoms with van der Waals surface area (Å²) in [7, 11) is 0. The summed E-state index contributed by atoms with van der Waals surface area (Å²) in [6.45, 7) is 2.07. The van der Waals surface area contributed by atoms with E-state index in [9.17, 15) is 13.2 Å². The Bertz CT molecular complexity index is 749. The predicted octanol–water partition coefficient (Wildman–Crippen LogP) is 5.32. The van der Waals surface area contributed by atoms with Crippen molar-refractivity contribution >= 4 is 6.08 Å². The first kappa shape index (κ1) is 15.9. The highest BCUT2D eigenvalue weighted by Crippen LogP contribution is 2.12. The fourth-order valence-electron chi connectivity index (χ4n) is 1.84. The van der Waals surface area contributed by atoms with E-state index in [1.807, 2.05) is 12.2 Å². The molecule has 112 valence electrons. The Morgan fingerprint density at radius 2 is 1.73 bits per heavy atom. The molecule has 0 saturated carbocycles. The Labute approximate surface area is 128 Å². The van der Waals surface area contributed by atoms with Gasteiger partial charge in [0, 0.05) is 5.56 Å². The van der Waals surface area contributed by atoms with Gasteiger partial charge < -0.3 is 0 Å². The molecule has 0 aromatic heterocycles. The van der Waals surface area contributed by atoms with Crippen molar-refractivity contribution in [1.29, 1.82) is 0 Å². The van der Waals surface area contributed by atoms with Crippen LogP contribution in [0.3, 0.4) is 0 Å². The lowest BCUT2D eigenvalue weighted by molar-refractivity contribution is 0.508. The van der Waals surface area contributed by atoms with Gasteiger partial charge in [0.15, 0.2) is 11.6 Å². The van der Waals surface area contributed by atoms with Gasteiger partial charge in [-0.25, -0.2) is 13.2 Å². The van der Waals surface area contributed by atoms with Crippen LogP contribution >= 0.6 is 0 Å². The molecule has 0 N–H and O–H groups in total. The lowest BCUT2D eigenvalue weighted by Gasteiger charge is -1.98. The highest BCUT2D eigenvalue weighted by atomic mass is 19.2. The summed E-state index contributed by atoms with van der Waals surface area (Å²) in [4.78, 5) is 0. The van der Waals surface area contributed by atoms with Crippen LogP contribution in [-0.4, -0.2) is 0 Å². The van der Waals surface area contributed by atoms with E-state index < -0.39 is 17.5 Å². The Morgan fingerprint density at radius 3 is 2.41 bits per heavy atom. The quantitative estimate of drug-likeness (QED) is 0.673. The smallest absolute Gasteiger partial charge is 0.160 e. The van der Waals surface area contributed by atoms with E-state index in [0.717, 1.165) is 30.5 Å². The summed E-state index contributed by atoms with van der Waals surface area (Å²) in [6, 6.07) is 8.09.